The van der Waals surface area contributed by atoms with Crippen LogP contribution in [0.5, 0.6) is 5.75 Å². The van der Waals surface area contributed by atoms with Gasteiger partial charge in [0.2, 0.25) is 0 Å². The maximum absolute atomic E-state index is 11.0. The molecule has 3 rings (SSSR count). The number of carboxylic acid groups (broad SMARTS) is 1. The normalized spacial score (nSPS) is 18.2. The lowest BCUT2D eigenvalue weighted by atomic mass is 10.1. The van der Waals surface area contributed by atoms with Crippen molar-refractivity contribution in [2.75, 3.05) is 24.6 Å². The number of ether oxygens (including phenoxy) is 1. The number of nitrogens with zero attached hydrogens (tertiary/aromatic N) is 2. The predicted molar refractivity (Wildman–Crippen MR) is 80.2 cm³/mol. The number of morpholine rings is 1. The minimum atomic E-state index is -1.04. The van der Waals surface area contributed by atoms with Gasteiger partial charge in [-0.25, -0.2) is 9.78 Å². The van der Waals surface area contributed by atoms with E-state index in [4.69, 9.17) is 9.84 Å². The van der Waals surface area contributed by atoms with Crippen molar-refractivity contribution < 1.29 is 19.7 Å². The van der Waals surface area contributed by atoms with E-state index in [1.165, 1.54) is 6.07 Å². The average molecular weight is 300 g/mol. The molecule has 1 aromatic heterocycles. The molecule has 0 spiro atoms. The molecule has 6 nitrogen and oxygen atoms in total. The number of aromatic carboxylic acids is 1. The SMILES string of the molecule is O=C(O)c1cccc(N2CCOC(c3cccc(O)c3)C2)n1. The van der Waals surface area contributed by atoms with E-state index in [2.05, 4.69) is 4.98 Å². The van der Waals surface area contributed by atoms with Gasteiger partial charge in [0, 0.05) is 13.1 Å². The molecule has 114 valence electrons. The number of benzene rings is 1. The fraction of sp³-hybridized carbons (Fsp3) is 0.250. The van der Waals surface area contributed by atoms with Crippen LogP contribution >= 0.6 is 0 Å². The summed E-state index contributed by atoms with van der Waals surface area (Å²) in [4.78, 5) is 17.2. The molecule has 1 aliphatic heterocycles. The number of anilines is 1. The second-order valence-electron chi connectivity index (χ2n) is 5.09. The van der Waals surface area contributed by atoms with Gasteiger partial charge in [-0.05, 0) is 29.8 Å². The van der Waals surface area contributed by atoms with Gasteiger partial charge in [-0.15, -0.1) is 0 Å². The fourth-order valence-electron chi connectivity index (χ4n) is 2.50. The Bertz CT molecular complexity index is 689. The lowest BCUT2D eigenvalue weighted by molar-refractivity contribution is 0.0394. The Morgan fingerprint density at radius 2 is 2.09 bits per heavy atom. The number of carboxylic acids is 1. The molecule has 1 unspecified atom stereocenters. The summed E-state index contributed by atoms with van der Waals surface area (Å²) in [6.45, 7) is 1.71. The molecule has 2 aromatic rings. The zero-order valence-corrected chi connectivity index (χ0v) is 11.8. The van der Waals surface area contributed by atoms with Crippen molar-refractivity contribution in [1.82, 2.24) is 4.98 Å². The molecule has 22 heavy (non-hydrogen) atoms. The number of rotatable bonds is 3. The number of hydrogen-bond donors (Lipinski definition) is 2. The molecule has 0 bridgehead atoms. The molecule has 0 saturated carbocycles. The van der Waals surface area contributed by atoms with Gasteiger partial charge in [0.05, 0.1) is 6.61 Å². The van der Waals surface area contributed by atoms with E-state index in [1.54, 1.807) is 30.3 Å². The Balaban J connectivity index is 1.81. The van der Waals surface area contributed by atoms with Crippen LogP contribution in [0.2, 0.25) is 0 Å². The summed E-state index contributed by atoms with van der Waals surface area (Å²) in [5.41, 5.74) is 0.914. The van der Waals surface area contributed by atoms with Crippen molar-refractivity contribution in [1.29, 1.82) is 0 Å². The van der Waals surface area contributed by atoms with Crippen molar-refractivity contribution in [3.8, 4) is 5.75 Å². The largest absolute Gasteiger partial charge is 0.508 e. The molecule has 1 atom stereocenters. The number of hydrogen-bond acceptors (Lipinski definition) is 5. The van der Waals surface area contributed by atoms with Gasteiger partial charge in [-0.1, -0.05) is 18.2 Å². The van der Waals surface area contributed by atoms with E-state index in [0.29, 0.717) is 25.5 Å². The standard InChI is InChI=1S/C16H16N2O4/c19-12-4-1-3-11(9-12)14-10-18(7-8-22-14)15-6-2-5-13(17-15)16(20)21/h1-6,9,14,19H,7-8,10H2,(H,20,21). The maximum Gasteiger partial charge on any atom is 0.354 e. The highest BCUT2D eigenvalue weighted by molar-refractivity contribution is 5.85. The van der Waals surface area contributed by atoms with Crippen LogP contribution in [0.1, 0.15) is 22.2 Å². The van der Waals surface area contributed by atoms with Crippen LogP contribution in [0.3, 0.4) is 0 Å². The Morgan fingerprint density at radius 3 is 2.86 bits per heavy atom. The predicted octanol–water partition coefficient (Wildman–Crippen LogP) is 2.06. The van der Waals surface area contributed by atoms with Crippen LogP contribution in [-0.4, -0.2) is 40.9 Å². The van der Waals surface area contributed by atoms with Crippen LogP contribution in [0.15, 0.2) is 42.5 Å². The highest BCUT2D eigenvalue weighted by atomic mass is 16.5. The molecule has 0 aliphatic carbocycles. The average Bonchev–Trinajstić information content (AvgIpc) is 2.55. The molecule has 2 heterocycles. The summed E-state index contributed by atoms with van der Waals surface area (Å²) < 4.78 is 5.75. The van der Waals surface area contributed by atoms with Crippen LogP contribution in [-0.2, 0) is 4.74 Å². The quantitative estimate of drug-likeness (QED) is 0.903. The molecule has 6 heteroatoms. The van der Waals surface area contributed by atoms with Crippen LogP contribution in [0.4, 0.5) is 5.82 Å². The molecular formula is C16H16N2O4. The Hall–Kier alpha value is -2.60. The van der Waals surface area contributed by atoms with Gasteiger partial charge >= 0.3 is 5.97 Å². The second-order valence-corrected chi connectivity index (χ2v) is 5.09. The Kier molecular flexibility index (Phi) is 3.93. The number of phenols is 1. The monoisotopic (exact) mass is 300 g/mol. The third-order valence-corrected chi connectivity index (χ3v) is 3.59. The summed E-state index contributed by atoms with van der Waals surface area (Å²) in [6, 6.07) is 11.9. The first-order chi connectivity index (χ1) is 10.6. The zero-order chi connectivity index (χ0) is 15.5. The summed E-state index contributed by atoms with van der Waals surface area (Å²) >= 11 is 0. The molecule has 1 fully saturated rings. The summed E-state index contributed by atoms with van der Waals surface area (Å²) in [6.07, 6.45) is -0.184. The minimum Gasteiger partial charge on any atom is -0.508 e. The number of carbonyl (C=O) groups is 1. The van der Waals surface area contributed by atoms with E-state index in [9.17, 15) is 9.90 Å². The molecule has 2 N–H and O–H groups in total. The third kappa shape index (κ3) is 3.01. The topological polar surface area (TPSA) is 82.9 Å². The van der Waals surface area contributed by atoms with Crippen molar-refractivity contribution in [2.45, 2.75) is 6.10 Å². The third-order valence-electron chi connectivity index (χ3n) is 3.59. The number of phenolic OH excluding ortho intramolecular Hbond substituents is 1. The van der Waals surface area contributed by atoms with Gasteiger partial charge in [-0.3, -0.25) is 0 Å². The fourth-order valence-corrected chi connectivity index (χ4v) is 2.50. The van der Waals surface area contributed by atoms with Gasteiger partial charge in [0.25, 0.3) is 0 Å². The van der Waals surface area contributed by atoms with E-state index in [1.807, 2.05) is 11.0 Å². The minimum absolute atomic E-state index is 0.0258. The molecular weight excluding hydrogens is 284 g/mol. The van der Waals surface area contributed by atoms with Crippen LogP contribution < -0.4 is 4.90 Å². The molecule has 1 aliphatic rings. The zero-order valence-electron chi connectivity index (χ0n) is 11.8. The molecule has 1 saturated heterocycles. The van der Waals surface area contributed by atoms with Crippen molar-refractivity contribution in [2.24, 2.45) is 0 Å². The Morgan fingerprint density at radius 1 is 1.27 bits per heavy atom. The lowest BCUT2D eigenvalue weighted by Crippen LogP contribution is -2.39. The first-order valence-electron chi connectivity index (χ1n) is 6.99. The number of pyridine rings is 1. The van der Waals surface area contributed by atoms with E-state index < -0.39 is 5.97 Å². The summed E-state index contributed by atoms with van der Waals surface area (Å²) in [7, 11) is 0. The maximum atomic E-state index is 11.0. The van der Waals surface area contributed by atoms with Crippen molar-refractivity contribution >= 4 is 11.8 Å². The number of aromatic nitrogens is 1. The van der Waals surface area contributed by atoms with Gasteiger partial charge < -0.3 is 19.8 Å². The van der Waals surface area contributed by atoms with Crippen molar-refractivity contribution in [3.05, 3.63) is 53.7 Å². The van der Waals surface area contributed by atoms with Gasteiger partial charge in [0.1, 0.15) is 17.7 Å². The van der Waals surface area contributed by atoms with Crippen molar-refractivity contribution in [3.63, 3.8) is 0 Å². The smallest absolute Gasteiger partial charge is 0.354 e. The highest BCUT2D eigenvalue weighted by Crippen LogP contribution is 2.27. The van der Waals surface area contributed by atoms with Gasteiger partial charge in [0.15, 0.2) is 5.69 Å². The molecule has 1 aromatic carbocycles. The molecule has 0 amide bonds. The summed E-state index contributed by atoms with van der Waals surface area (Å²) in [5.74, 6) is -0.225. The lowest BCUT2D eigenvalue weighted by Gasteiger charge is -2.34. The first kappa shape index (κ1) is 14.3. The van der Waals surface area contributed by atoms with E-state index in [-0.39, 0.29) is 17.5 Å². The van der Waals surface area contributed by atoms with Crippen LogP contribution in [0.25, 0.3) is 0 Å². The first-order valence-corrected chi connectivity index (χ1v) is 6.99. The molecule has 0 radical (unpaired) electrons. The summed E-state index contributed by atoms with van der Waals surface area (Å²) in [5, 5.41) is 18.6. The van der Waals surface area contributed by atoms with E-state index in [0.717, 1.165) is 5.56 Å². The van der Waals surface area contributed by atoms with Crippen LogP contribution in [0, 0.1) is 0 Å². The highest BCUT2D eigenvalue weighted by Gasteiger charge is 2.23. The number of aromatic hydroxyl groups is 1. The Labute approximate surface area is 127 Å². The van der Waals surface area contributed by atoms with Gasteiger partial charge in [-0.2, -0.15) is 0 Å². The second kappa shape index (κ2) is 6.03. The van der Waals surface area contributed by atoms with E-state index >= 15 is 0 Å².